The molecule has 0 radical (unpaired) electrons. The second-order valence-electron chi connectivity index (χ2n) is 4.22. The molecule has 0 unspecified atom stereocenters. The standard InChI is InChI=1S/C10H17N5O2/c11-9-12-10(13-15(9)7-8(16)17)14-5-3-1-2-4-6-14/h1-7H2,(H,16,17)(H2,11,12,13). The number of anilines is 2. The lowest BCUT2D eigenvalue weighted by atomic mass is 10.2. The van der Waals surface area contributed by atoms with Crippen LogP contribution in [0.2, 0.25) is 0 Å². The van der Waals surface area contributed by atoms with Gasteiger partial charge in [-0.2, -0.15) is 4.98 Å². The summed E-state index contributed by atoms with van der Waals surface area (Å²) < 4.78 is 1.22. The largest absolute Gasteiger partial charge is 0.480 e. The highest BCUT2D eigenvalue weighted by Gasteiger charge is 2.16. The SMILES string of the molecule is Nc1nc(N2CCCCCC2)nn1CC(=O)O. The summed E-state index contributed by atoms with van der Waals surface area (Å²) in [6.07, 6.45) is 4.68. The van der Waals surface area contributed by atoms with Gasteiger partial charge in [-0.25, -0.2) is 4.68 Å². The van der Waals surface area contributed by atoms with Gasteiger partial charge >= 0.3 is 5.97 Å². The molecule has 94 valence electrons. The van der Waals surface area contributed by atoms with Gasteiger partial charge in [0.15, 0.2) is 0 Å². The summed E-state index contributed by atoms with van der Waals surface area (Å²) in [4.78, 5) is 16.8. The molecule has 0 amide bonds. The van der Waals surface area contributed by atoms with Crippen LogP contribution in [-0.4, -0.2) is 38.9 Å². The van der Waals surface area contributed by atoms with Crippen LogP contribution in [0.5, 0.6) is 0 Å². The van der Waals surface area contributed by atoms with E-state index in [9.17, 15) is 4.79 Å². The Balaban J connectivity index is 2.12. The average molecular weight is 239 g/mol. The summed E-state index contributed by atoms with van der Waals surface area (Å²) in [7, 11) is 0. The van der Waals surface area contributed by atoms with Crippen LogP contribution in [0.15, 0.2) is 0 Å². The predicted octanol–water partition coefficient (Wildman–Crippen LogP) is 0.325. The molecule has 0 bridgehead atoms. The van der Waals surface area contributed by atoms with Gasteiger partial charge in [0.2, 0.25) is 11.9 Å². The second-order valence-corrected chi connectivity index (χ2v) is 4.22. The molecule has 0 atom stereocenters. The van der Waals surface area contributed by atoms with Gasteiger partial charge in [-0.15, -0.1) is 5.10 Å². The van der Waals surface area contributed by atoms with Gasteiger partial charge in [-0.05, 0) is 12.8 Å². The number of hydrogen-bond donors (Lipinski definition) is 2. The van der Waals surface area contributed by atoms with Crippen LogP contribution < -0.4 is 10.6 Å². The molecule has 3 N–H and O–H groups in total. The number of hydrogen-bond acceptors (Lipinski definition) is 5. The molecule has 0 aliphatic carbocycles. The molecular weight excluding hydrogens is 222 g/mol. The van der Waals surface area contributed by atoms with Crippen molar-refractivity contribution in [1.29, 1.82) is 0 Å². The van der Waals surface area contributed by atoms with Crippen molar-refractivity contribution in [2.45, 2.75) is 32.2 Å². The van der Waals surface area contributed by atoms with Crippen LogP contribution >= 0.6 is 0 Å². The molecule has 7 heteroatoms. The van der Waals surface area contributed by atoms with Gasteiger partial charge in [0, 0.05) is 13.1 Å². The molecule has 17 heavy (non-hydrogen) atoms. The number of carbonyl (C=O) groups is 1. The lowest BCUT2D eigenvalue weighted by Gasteiger charge is -2.17. The van der Waals surface area contributed by atoms with Crippen LogP contribution in [-0.2, 0) is 11.3 Å². The van der Waals surface area contributed by atoms with E-state index in [1.165, 1.54) is 17.5 Å². The Hall–Kier alpha value is -1.79. The Kier molecular flexibility index (Phi) is 3.46. The number of rotatable bonds is 3. The molecule has 1 saturated heterocycles. The minimum Gasteiger partial charge on any atom is -0.480 e. The number of aromatic nitrogens is 3. The van der Waals surface area contributed by atoms with Crippen molar-refractivity contribution < 1.29 is 9.90 Å². The number of carboxylic acids is 1. The van der Waals surface area contributed by atoms with E-state index < -0.39 is 5.97 Å². The van der Waals surface area contributed by atoms with Crippen LogP contribution in [0.3, 0.4) is 0 Å². The molecule has 0 saturated carbocycles. The summed E-state index contributed by atoms with van der Waals surface area (Å²) >= 11 is 0. The van der Waals surface area contributed by atoms with E-state index in [1.807, 2.05) is 0 Å². The highest BCUT2D eigenvalue weighted by Crippen LogP contribution is 2.16. The summed E-state index contributed by atoms with van der Waals surface area (Å²) in [5, 5.41) is 12.8. The maximum atomic E-state index is 10.6. The number of nitrogens with two attached hydrogens (primary N) is 1. The Morgan fingerprint density at radius 2 is 1.94 bits per heavy atom. The van der Waals surface area contributed by atoms with Gasteiger partial charge < -0.3 is 15.7 Å². The number of nitrogen functional groups attached to an aromatic ring is 1. The summed E-state index contributed by atoms with van der Waals surface area (Å²) in [5.74, 6) is -0.263. The van der Waals surface area contributed by atoms with E-state index in [1.54, 1.807) is 0 Å². The van der Waals surface area contributed by atoms with E-state index in [4.69, 9.17) is 10.8 Å². The molecular formula is C10H17N5O2. The van der Waals surface area contributed by atoms with Crippen molar-refractivity contribution in [2.75, 3.05) is 23.7 Å². The molecule has 0 spiro atoms. The zero-order valence-corrected chi connectivity index (χ0v) is 9.67. The fourth-order valence-electron chi connectivity index (χ4n) is 1.99. The first-order valence-electron chi connectivity index (χ1n) is 5.84. The molecule has 2 rings (SSSR count). The molecule has 1 aliphatic rings. The first kappa shape index (κ1) is 11.7. The Morgan fingerprint density at radius 3 is 2.53 bits per heavy atom. The van der Waals surface area contributed by atoms with Gasteiger partial charge in [0.1, 0.15) is 6.54 Å². The van der Waals surface area contributed by atoms with E-state index in [0.717, 1.165) is 25.9 Å². The van der Waals surface area contributed by atoms with Crippen molar-refractivity contribution in [2.24, 2.45) is 0 Å². The van der Waals surface area contributed by atoms with Crippen molar-refractivity contribution in [3.8, 4) is 0 Å². The second kappa shape index (κ2) is 5.03. The monoisotopic (exact) mass is 239 g/mol. The topological polar surface area (TPSA) is 97.3 Å². The Labute approximate surface area is 99.2 Å². The molecule has 1 aromatic rings. The normalized spacial score (nSPS) is 16.8. The number of carboxylic acid groups (broad SMARTS) is 1. The lowest BCUT2D eigenvalue weighted by molar-refractivity contribution is -0.137. The van der Waals surface area contributed by atoms with Crippen LogP contribution in [0.25, 0.3) is 0 Å². The smallest absolute Gasteiger partial charge is 0.325 e. The van der Waals surface area contributed by atoms with Gasteiger partial charge in [-0.3, -0.25) is 4.79 Å². The number of nitrogens with zero attached hydrogens (tertiary/aromatic N) is 4. The highest BCUT2D eigenvalue weighted by atomic mass is 16.4. The van der Waals surface area contributed by atoms with Crippen molar-refractivity contribution in [3.05, 3.63) is 0 Å². The average Bonchev–Trinajstić information content (AvgIpc) is 2.54. The van der Waals surface area contributed by atoms with Crippen molar-refractivity contribution in [3.63, 3.8) is 0 Å². The van der Waals surface area contributed by atoms with Crippen molar-refractivity contribution in [1.82, 2.24) is 14.8 Å². The molecule has 1 aliphatic heterocycles. The fraction of sp³-hybridized carbons (Fsp3) is 0.700. The maximum absolute atomic E-state index is 10.6. The summed E-state index contributed by atoms with van der Waals surface area (Å²) in [6, 6.07) is 0. The predicted molar refractivity (Wildman–Crippen MR) is 62.8 cm³/mol. The minimum absolute atomic E-state index is 0.159. The molecule has 1 aromatic heterocycles. The van der Waals surface area contributed by atoms with Gasteiger partial charge in [-0.1, -0.05) is 12.8 Å². The first-order valence-corrected chi connectivity index (χ1v) is 5.84. The van der Waals surface area contributed by atoms with E-state index in [-0.39, 0.29) is 12.5 Å². The third-order valence-corrected chi connectivity index (χ3v) is 2.86. The summed E-state index contributed by atoms with van der Waals surface area (Å²) in [6.45, 7) is 1.58. The fourth-order valence-corrected chi connectivity index (χ4v) is 1.99. The third kappa shape index (κ3) is 2.86. The molecule has 0 aromatic carbocycles. The number of aliphatic carboxylic acids is 1. The van der Waals surface area contributed by atoms with E-state index >= 15 is 0 Å². The van der Waals surface area contributed by atoms with Crippen LogP contribution in [0.1, 0.15) is 25.7 Å². The molecule has 2 heterocycles. The highest BCUT2D eigenvalue weighted by molar-refractivity contribution is 5.66. The lowest BCUT2D eigenvalue weighted by Crippen LogP contribution is -2.25. The van der Waals surface area contributed by atoms with Gasteiger partial charge in [0.05, 0.1) is 0 Å². The zero-order valence-electron chi connectivity index (χ0n) is 9.67. The third-order valence-electron chi connectivity index (χ3n) is 2.86. The van der Waals surface area contributed by atoms with Crippen LogP contribution in [0.4, 0.5) is 11.9 Å². The van der Waals surface area contributed by atoms with Crippen LogP contribution in [0, 0.1) is 0 Å². The van der Waals surface area contributed by atoms with E-state index in [2.05, 4.69) is 15.0 Å². The Morgan fingerprint density at radius 1 is 1.29 bits per heavy atom. The van der Waals surface area contributed by atoms with Gasteiger partial charge in [0.25, 0.3) is 0 Å². The zero-order chi connectivity index (χ0) is 12.3. The Bertz CT molecular complexity index is 395. The molecule has 1 fully saturated rings. The minimum atomic E-state index is -0.969. The maximum Gasteiger partial charge on any atom is 0.325 e. The van der Waals surface area contributed by atoms with Crippen molar-refractivity contribution >= 4 is 17.9 Å². The van der Waals surface area contributed by atoms with E-state index in [0.29, 0.717) is 5.95 Å². The first-order chi connectivity index (χ1) is 8.16. The molecule has 7 nitrogen and oxygen atoms in total. The quantitative estimate of drug-likeness (QED) is 0.788. The summed E-state index contributed by atoms with van der Waals surface area (Å²) in [5.41, 5.74) is 5.63.